The molecule has 0 saturated carbocycles. The maximum absolute atomic E-state index is 10.1. The van der Waals surface area contributed by atoms with Crippen molar-refractivity contribution in [1.29, 1.82) is 0 Å². The van der Waals surface area contributed by atoms with Crippen LogP contribution in [0.15, 0.2) is 3.50 Å². The summed E-state index contributed by atoms with van der Waals surface area (Å²) in [6, 6.07) is 0. The molecule has 0 aromatic rings. The Kier molecular flexibility index (Phi) is 472. The second kappa shape index (κ2) is 106. The van der Waals surface area contributed by atoms with Gasteiger partial charge in [0.05, 0.1) is 0 Å². The van der Waals surface area contributed by atoms with Crippen LogP contribution in [0.1, 0.15) is 6.92 Å². The molecule has 0 N–H and O–H groups in total. The summed E-state index contributed by atoms with van der Waals surface area (Å²) < 4.78 is 4.21. The molecule has 0 aromatic heterocycles. The number of rotatable bonds is 2. The zero-order valence-electron chi connectivity index (χ0n) is 12.4. The number of hydrogen-bond donors (Lipinski definition) is 0. The molecule has 0 fully saturated rings. The van der Waals surface area contributed by atoms with Crippen LogP contribution >= 0.6 is 0 Å². The van der Waals surface area contributed by atoms with Crippen molar-refractivity contribution >= 4 is 16.4 Å². The van der Waals surface area contributed by atoms with Gasteiger partial charge in [0.25, 0.3) is 0 Å². The molecule has 0 aromatic carbocycles. The summed E-state index contributed by atoms with van der Waals surface area (Å²) in [5.41, 5.74) is 0. The Bertz CT molecular complexity index is 220. The predicted octanol–water partition coefficient (Wildman–Crippen LogP) is -0.337. The van der Waals surface area contributed by atoms with Gasteiger partial charge < -0.3 is 0 Å². The van der Waals surface area contributed by atoms with Crippen LogP contribution in [0.5, 0.6) is 0 Å². The van der Waals surface area contributed by atoms with Gasteiger partial charge in [0.2, 0.25) is 0 Å². The molecule has 1 amide bonds. The Morgan fingerprint density at radius 2 is 0.893 bits per heavy atom. The van der Waals surface area contributed by atoms with Gasteiger partial charge >= 0.3 is 113 Å². The van der Waals surface area contributed by atoms with E-state index in [-0.39, 0.29) is 343 Å². The van der Waals surface area contributed by atoms with Gasteiger partial charge in [-0.05, 0) is 0 Å². The zero-order chi connectivity index (χ0) is 10.1. The first-order valence-corrected chi connectivity index (χ1v) is 16.2. The van der Waals surface area contributed by atoms with Crippen LogP contribution in [0.25, 0.3) is 5.41 Å². The summed E-state index contributed by atoms with van der Waals surface area (Å²) in [5.74, 6) is -0.280. The molecule has 0 aliphatic rings. The number of guanidine groups is 1. The maximum atomic E-state index is 10.1. The van der Waals surface area contributed by atoms with E-state index in [2.05, 4.69) is 3.50 Å². The van der Waals surface area contributed by atoms with Crippen molar-refractivity contribution in [2.24, 2.45) is 3.50 Å². The first kappa shape index (κ1) is 125. The normalized spacial score (nSPS) is 3.04. The SMILES string of the molecule is C[C](=[W])N([C-]=O)C(=[N-])[N]=[W].[W].[W].[W].[W].[W].[W].[W].[W].[W].[W].[W].[W].[W].[W].[W].[W].[W]=[W]. The first-order chi connectivity index (χ1) is 5.63. The van der Waals surface area contributed by atoms with Gasteiger partial charge in [-0.25, -0.2) is 0 Å². The van der Waals surface area contributed by atoms with E-state index in [0.29, 0.717) is 0 Å². The molecule has 0 rings (SSSR count). The molecule has 0 heterocycles. The van der Waals surface area contributed by atoms with Crippen LogP contribution in [-0.2, 0) is 413 Å². The van der Waals surface area contributed by atoms with Crippen LogP contribution in [0.4, 0.5) is 0 Å². The molecule has 0 atom stereocenters. The molecule has 0 bridgehead atoms. The Morgan fingerprint density at radius 3 is 0.929 bits per heavy atom. The molecule has 0 aliphatic carbocycles. The fourth-order valence-corrected chi connectivity index (χ4v) is 1.01. The van der Waals surface area contributed by atoms with E-state index in [1.165, 1.54) is 0 Å². The van der Waals surface area contributed by atoms with Gasteiger partial charge in [-0.1, -0.05) is 0 Å². The third kappa shape index (κ3) is 90.2. The Morgan fingerprint density at radius 1 is 0.714 bits per heavy atom. The topological polar surface area (TPSA) is 55.0 Å². The van der Waals surface area contributed by atoms with Crippen molar-refractivity contribution in [3.05, 3.63) is 5.41 Å². The molecule has 0 saturated heterocycles. The standard InChI is InChI=1S/C4H3N3O.20W/c1-2-7(3-8)4(5)6;;;;;;;;;;;;;;;;;;;;/h1H3;;;;;;;;;;;;;;;;;;;;/q-2;;;;;;;;;;;;;;;;;;;;. The van der Waals surface area contributed by atoms with Gasteiger partial charge in [-0.2, -0.15) is 0 Å². The van der Waals surface area contributed by atoms with Crippen molar-refractivity contribution in [3.8, 4) is 0 Å². The molecule has 162 valence electrons. The summed E-state index contributed by atoms with van der Waals surface area (Å²) >= 11 is 5.28. The van der Waals surface area contributed by atoms with Gasteiger partial charge in [0.1, 0.15) is 0 Å². The van der Waals surface area contributed by atoms with Crippen LogP contribution in [0.3, 0.4) is 0 Å². The molecule has 4 nitrogen and oxygen atoms in total. The van der Waals surface area contributed by atoms with E-state index < -0.39 is 0 Å². The Labute approximate surface area is 438 Å². The van der Waals surface area contributed by atoms with Crippen molar-refractivity contribution in [2.45, 2.75) is 6.92 Å². The Hall–Kier alpha value is 12.6. The predicted molar refractivity (Wildman–Crippen MR) is 29.0 cm³/mol. The number of hydrogen-bond acceptors (Lipinski definition) is 1. The Balaban J connectivity index is -0.00000000337. The monoisotopic (exact) mass is 3790 g/mol. The van der Waals surface area contributed by atoms with E-state index in [9.17, 15) is 4.79 Å². The first-order valence-electron chi connectivity index (χ1n) is 2.38. The molecule has 0 radical (unpaired) electrons. The van der Waals surface area contributed by atoms with Gasteiger partial charge in [-0.3, -0.25) is 0 Å². The third-order valence-electron chi connectivity index (χ3n) is 0.688. The fraction of sp³-hybridized carbons (Fsp3) is 0.250. The van der Waals surface area contributed by atoms with Crippen molar-refractivity contribution in [2.75, 3.05) is 0 Å². The minimum absolute atomic E-state index is 0. The summed E-state index contributed by atoms with van der Waals surface area (Å²) in [5, 5.41) is 8.91. The van der Waals surface area contributed by atoms with Crippen LogP contribution in [0.2, 0.25) is 0 Å². The van der Waals surface area contributed by atoms with Crippen molar-refractivity contribution in [1.82, 2.24) is 4.90 Å². The fourth-order valence-electron chi connectivity index (χ4n) is 0.287. The minimum atomic E-state index is -0.280. The number of nitrogens with zero attached hydrogens (tertiary/aromatic N) is 3. The summed E-state index contributed by atoms with van der Waals surface area (Å²) in [6.07, 6.45) is 1.55. The quantitative estimate of drug-likeness (QED) is 0.162. The molecule has 0 unspecified atom stereocenters. The molecule has 0 spiro atoms. The van der Waals surface area contributed by atoms with E-state index >= 15 is 0 Å². The number of carbonyl (C=O) groups excluding carboxylic acids is 1. The summed E-state index contributed by atoms with van der Waals surface area (Å²) in [4.78, 5) is 11.1. The third-order valence-corrected chi connectivity index (χ3v) is 1.93. The second-order valence-electron chi connectivity index (χ2n) is 1.34. The zero-order valence-corrected chi connectivity index (χ0v) is 71.1. The van der Waals surface area contributed by atoms with Crippen molar-refractivity contribution in [3.63, 3.8) is 0 Å². The summed E-state index contributed by atoms with van der Waals surface area (Å²) in [7, 11) is 0. The second-order valence-corrected chi connectivity index (χ2v) is 4.12. The molecule has 24 heteroatoms. The molecule has 28 heavy (non-hydrogen) atoms. The van der Waals surface area contributed by atoms with Crippen LogP contribution in [-0.4, -0.2) is 21.3 Å². The average molecular weight is 3790 g/mol. The summed E-state index contributed by atoms with van der Waals surface area (Å²) in [6.45, 7) is 1.72. The van der Waals surface area contributed by atoms with Crippen LogP contribution in [0, 0.1) is 0 Å². The van der Waals surface area contributed by atoms with Crippen LogP contribution < -0.4 is 0 Å². The van der Waals surface area contributed by atoms with E-state index in [4.69, 9.17) is 5.41 Å². The molecular formula is C4H3N3OW20-2. The van der Waals surface area contributed by atoms with E-state index in [1.54, 1.807) is 45.8 Å². The van der Waals surface area contributed by atoms with E-state index in [1.807, 2.05) is 0 Å². The molecular weight excluding hydrogens is 3780 g/mol. The van der Waals surface area contributed by atoms with Crippen molar-refractivity contribution < 1.29 is 413 Å². The van der Waals surface area contributed by atoms with Gasteiger partial charge in [-0.15, -0.1) is 0 Å². The van der Waals surface area contributed by atoms with Gasteiger partial charge in [0.15, 0.2) is 0 Å². The average Bonchev–Trinajstić information content (AvgIpc) is 2.08. The van der Waals surface area contributed by atoms with E-state index in [0.717, 1.165) is 47.9 Å². The van der Waals surface area contributed by atoms with Gasteiger partial charge in [0, 0.05) is 337 Å². The molecule has 0 aliphatic heterocycles. The number of amides is 1.